The van der Waals surface area contributed by atoms with Crippen molar-refractivity contribution < 1.29 is 31.1 Å². The number of sulfone groups is 1. The van der Waals surface area contributed by atoms with Gasteiger partial charge in [0.15, 0.2) is 0 Å². The molecule has 2 aromatic rings. The third-order valence-corrected chi connectivity index (χ3v) is 5.11. The molecule has 0 amide bonds. The van der Waals surface area contributed by atoms with Gasteiger partial charge in [0, 0.05) is 16.2 Å². The van der Waals surface area contributed by atoms with Crippen molar-refractivity contribution in [3.8, 4) is 0 Å². The number of alkyl halides is 3. The summed E-state index contributed by atoms with van der Waals surface area (Å²) in [6.45, 7) is 0. The van der Waals surface area contributed by atoms with Gasteiger partial charge in [-0.1, -0.05) is 12.1 Å². The van der Waals surface area contributed by atoms with Gasteiger partial charge in [-0.05, 0) is 33.6 Å². The zero-order chi connectivity index (χ0) is 17.4. The molecule has 0 saturated heterocycles. The molecule has 1 heterocycles. The van der Waals surface area contributed by atoms with E-state index in [2.05, 4.69) is 20.9 Å². The van der Waals surface area contributed by atoms with Crippen LogP contribution >= 0.6 is 15.9 Å². The van der Waals surface area contributed by atoms with Gasteiger partial charge in [0.2, 0.25) is 0 Å². The Labute approximate surface area is 136 Å². The third-order valence-electron chi connectivity index (χ3n) is 2.97. The number of hydrogen-bond donors (Lipinski definition) is 1. The number of aliphatic hydroxyl groups excluding tert-OH is 1. The molecule has 0 bridgehead atoms. The molecule has 0 radical (unpaired) electrons. The molecule has 2 rings (SSSR count). The van der Waals surface area contributed by atoms with E-state index in [9.17, 15) is 31.1 Å². The second-order valence-corrected chi connectivity index (χ2v) is 7.23. The molecule has 0 aliphatic rings. The number of halogens is 5. The molecule has 0 spiro atoms. The number of rotatable bonds is 3. The molecule has 1 atom stereocenters. The number of hydrogen-bond acceptors (Lipinski definition) is 4. The summed E-state index contributed by atoms with van der Waals surface area (Å²) in [4.78, 5) is 2.59. The van der Waals surface area contributed by atoms with Crippen LogP contribution in [-0.2, 0) is 9.84 Å². The first-order valence-electron chi connectivity index (χ1n) is 5.94. The zero-order valence-corrected chi connectivity index (χ0v) is 13.5. The van der Waals surface area contributed by atoms with Crippen LogP contribution < -0.4 is 0 Å². The summed E-state index contributed by atoms with van der Waals surface area (Å²) in [6, 6.07) is 3.37. The van der Waals surface area contributed by atoms with Crippen LogP contribution in [-0.4, -0.2) is 24.0 Å². The van der Waals surface area contributed by atoms with Crippen LogP contribution in [0.4, 0.5) is 17.6 Å². The van der Waals surface area contributed by atoms with Crippen LogP contribution in [0, 0.1) is 5.82 Å². The Morgan fingerprint density at radius 1 is 1.13 bits per heavy atom. The fourth-order valence-corrected chi connectivity index (χ4v) is 3.10. The average molecular weight is 414 g/mol. The van der Waals surface area contributed by atoms with E-state index in [4.69, 9.17) is 0 Å². The van der Waals surface area contributed by atoms with Crippen molar-refractivity contribution in [2.24, 2.45) is 0 Å². The van der Waals surface area contributed by atoms with E-state index in [1.54, 1.807) is 0 Å². The molecule has 1 unspecified atom stereocenters. The van der Waals surface area contributed by atoms with E-state index >= 15 is 0 Å². The molecule has 124 valence electrons. The van der Waals surface area contributed by atoms with Crippen molar-refractivity contribution in [1.82, 2.24) is 4.98 Å². The highest BCUT2D eigenvalue weighted by Crippen LogP contribution is 2.33. The summed E-state index contributed by atoms with van der Waals surface area (Å²) in [5.41, 5.74) is -5.56. The molecule has 0 saturated carbocycles. The molecule has 1 aromatic heterocycles. The van der Waals surface area contributed by atoms with E-state index in [1.165, 1.54) is 6.20 Å². The Morgan fingerprint density at radius 3 is 2.17 bits per heavy atom. The topological polar surface area (TPSA) is 67.3 Å². The first-order valence-corrected chi connectivity index (χ1v) is 8.21. The van der Waals surface area contributed by atoms with Crippen LogP contribution in [0.25, 0.3) is 0 Å². The maximum Gasteiger partial charge on any atom is 0.501 e. The highest BCUT2D eigenvalue weighted by molar-refractivity contribution is 9.10. The van der Waals surface area contributed by atoms with Crippen LogP contribution in [0.15, 0.2) is 46.0 Å². The van der Waals surface area contributed by atoms with Gasteiger partial charge in [-0.2, -0.15) is 13.2 Å². The second kappa shape index (κ2) is 6.17. The molecule has 1 aromatic carbocycles. The van der Waals surface area contributed by atoms with E-state index in [1.807, 2.05) is 0 Å². The first kappa shape index (κ1) is 17.8. The Bertz CT molecular complexity index is 802. The fourth-order valence-electron chi connectivity index (χ4n) is 1.81. The van der Waals surface area contributed by atoms with Crippen LogP contribution in [0.2, 0.25) is 0 Å². The van der Waals surface area contributed by atoms with Gasteiger partial charge in [-0.15, -0.1) is 0 Å². The third kappa shape index (κ3) is 3.38. The molecule has 1 N–H and O–H groups in total. The highest BCUT2D eigenvalue weighted by Gasteiger charge is 2.46. The van der Waals surface area contributed by atoms with Gasteiger partial charge in [0.1, 0.15) is 11.9 Å². The molecule has 0 fully saturated rings. The number of benzene rings is 1. The van der Waals surface area contributed by atoms with Crippen molar-refractivity contribution in [2.45, 2.75) is 16.5 Å². The maximum atomic E-state index is 13.7. The summed E-state index contributed by atoms with van der Waals surface area (Å²) >= 11 is 3.01. The van der Waals surface area contributed by atoms with Crippen molar-refractivity contribution in [3.05, 3.63) is 58.1 Å². The molecular weight excluding hydrogens is 406 g/mol. The number of pyridine rings is 1. The number of aromatic nitrogens is 1. The largest absolute Gasteiger partial charge is 0.501 e. The lowest BCUT2D eigenvalue weighted by atomic mass is 10.0. The van der Waals surface area contributed by atoms with Crippen LogP contribution in [0.1, 0.15) is 17.2 Å². The predicted octanol–water partition coefficient (Wildman–Crippen LogP) is 3.36. The van der Waals surface area contributed by atoms with Crippen molar-refractivity contribution >= 4 is 25.8 Å². The van der Waals surface area contributed by atoms with Crippen molar-refractivity contribution in [2.75, 3.05) is 0 Å². The quantitative estimate of drug-likeness (QED) is 0.783. The molecule has 0 aliphatic heterocycles. The standard InChI is InChI=1S/C13H8BrF4NO3S/c14-9-5-19-6-10(15)11(9)12(20)7-1-3-8(4-2-7)23(21,22)13(16,17)18/h1-6,12,20H. The van der Waals surface area contributed by atoms with Gasteiger partial charge in [-0.25, -0.2) is 12.8 Å². The second-order valence-electron chi connectivity index (χ2n) is 4.44. The minimum absolute atomic E-state index is 0.0249. The summed E-state index contributed by atoms with van der Waals surface area (Å²) < 4.78 is 73.7. The number of aliphatic hydroxyl groups is 1. The van der Waals surface area contributed by atoms with E-state index in [0.29, 0.717) is 12.1 Å². The van der Waals surface area contributed by atoms with Crippen LogP contribution in [0.5, 0.6) is 0 Å². The summed E-state index contributed by atoms with van der Waals surface area (Å²) in [5, 5.41) is 10.1. The molecule has 4 nitrogen and oxygen atoms in total. The van der Waals surface area contributed by atoms with E-state index in [0.717, 1.165) is 18.3 Å². The summed E-state index contributed by atoms with van der Waals surface area (Å²) in [5.74, 6) is -0.820. The Morgan fingerprint density at radius 2 is 1.70 bits per heavy atom. The lowest BCUT2D eigenvalue weighted by molar-refractivity contribution is -0.0436. The number of nitrogens with zero attached hydrogens (tertiary/aromatic N) is 1. The normalized spacial score (nSPS) is 13.8. The predicted molar refractivity (Wildman–Crippen MR) is 75.6 cm³/mol. The minimum Gasteiger partial charge on any atom is -0.384 e. The van der Waals surface area contributed by atoms with E-state index in [-0.39, 0.29) is 15.6 Å². The summed E-state index contributed by atoms with van der Waals surface area (Å²) in [6.07, 6.45) is 0.602. The SMILES string of the molecule is O=S(=O)(c1ccc(C(O)c2c(F)cncc2Br)cc1)C(F)(F)F. The van der Waals surface area contributed by atoms with Crippen molar-refractivity contribution in [1.29, 1.82) is 0 Å². The Balaban J connectivity index is 2.41. The monoisotopic (exact) mass is 413 g/mol. The van der Waals surface area contributed by atoms with Crippen LogP contribution in [0.3, 0.4) is 0 Å². The minimum atomic E-state index is -5.47. The van der Waals surface area contributed by atoms with Gasteiger partial charge in [0.05, 0.1) is 11.1 Å². The van der Waals surface area contributed by atoms with E-state index < -0.39 is 32.2 Å². The maximum absolute atomic E-state index is 13.7. The highest BCUT2D eigenvalue weighted by atomic mass is 79.9. The van der Waals surface area contributed by atoms with Crippen molar-refractivity contribution in [3.63, 3.8) is 0 Å². The fraction of sp³-hybridized carbons (Fsp3) is 0.154. The lowest BCUT2D eigenvalue weighted by Gasteiger charge is -2.15. The Kier molecular flexibility index (Phi) is 4.79. The Hall–Kier alpha value is -1.52. The molecular formula is C13H8BrF4NO3S. The van der Waals surface area contributed by atoms with Gasteiger partial charge in [0.25, 0.3) is 9.84 Å². The lowest BCUT2D eigenvalue weighted by Crippen LogP contribution is -2.23. The molecule has 10 heteroatoms. The zero-order valence-electron chi connectivity index (χ0n) is 11.1. The molecule has 23 heavy (non-hydrogen) atoms. The first-order chi connectivity index (χ1) is 10.6. The summed E-state index contributed by atoms with van der Waals surface area (Å²) in [7, 11) is -5.47. The van der Waals surface area contributed by atoms with Gasteiger partial charge >= 0.3 is 5.51 Å². The smallest absolute Gasteiger partial charge is 0.384 e. The average Bonchev–Trinajstić information content (AvgIpc) is 2.46. The molecule has 0 aliphatic carbocycles. The van der Waals surface area contributed by atoms with Gasteiger partial charge < -0.3 is 5.11 Å². The van der Waals surface area contributed by atoms with Gasteiger partial charge in [-0.3, -0.25) is 4.98 Å².